The standard InChI is InChI=1S/C17H14N2O2/c1-11(19-14-7-4-6-13(18)10-14)15-9-12-5-2-3-8-16(12)21-17(15)20/h2-10H,18H2,1H3. The van der Waals surface area contributed by atoms with Crippen molar-refractivity contribution in [3.8, 4) is 0 Å². The average molecular weight is 278 g/mol. The third-order valence-corrected chi connectivity index (χ3v) is 3.20. The molecule has 0 saturated carbocycles. The highest BCUT2D eigenvalue weighted by Crippen LogP contribution is 2.18. The van der Waals surface area contributed by atoms with Crippen molar-refractivity contribution in [1.29, 1.82) is 0 Å². The van der Waals surface area contributed by atoms with Crippen LogP contribution in [0.25, 0.3) is 11.0 Å². The van der Waals surface area contributed by atoms with Crippen molar-refractivity contribution in [3.05, 3.63) is 70.6 Å². The van der Waals surface area contributed by atoms with Crippen LogP contribution < -0.4 is 11.4 Å². The Balaban J connectivity index is 2.11. The number of para-hydroxylation sites is 1. The molecule has 0 aliphatic carbocycles. The van der Waals surface area contributed by atoms with E-state index >= 15 is 0 Å². The van der Waals surface area contributed by atoms with Crippen molar-refractivity contribution in [2.75, 3.05) is 5.73 Å². The smallest absolute Gasteiger partial charge is 0.345 e. The summed E-state index contributed by atoms with van der Waals surface area (Å²) in [6, 6.07) is 16.4. The van der Waals surface area contributed by atoms with Crippen LogP contribution in [0.5, 0.6) is 0 Å². The molecule has 4 nitrogen and oxygen atoms in total. The molecule has 2 aromatic carbocycles. The van der Waals surface area contributed by atoms with Crippen LogP contribution in [0.1, 0.15) is 12.5 Å². The maximum atomic E-state index is 12.1. The summed E-state index contributed by atoms with van der Waals surface area (Å²) in [4.78, 5) is 16.5. The van der Waals surface area contributed by atoms with E-state index in [4.69, 9.17) is 10.2 Å². The fourth-order valence-corrected chi connectivity index (χ4v) is 2.16. The largest absolute Gasteiger partial charge is 0.422 e. The van der Waals surface area contributed by atoms with Gasteiger partial charge < -0.3 is 10.2 Å². The fourth-order valence-electron chi connectivity index (χ4n) is 2.16. The van der Waals surface area contributed by atoms with Gasteiger partial charge in [0.15, 0.2) is 0 Å². The van der Waals surface area contributed by atoms with E-state index in [2.05, 4.69) is 4.99 Å². The van der Waals surface area contributed by atoms with Gasteiger partial charge in [-0.25, -0.2) is 4.79 Å². The predicted molar refractivity (Wildman–Crippen MR) is 85.2 cm³/mol. The molecule has 0 radical (unpaired) electrons. The van der Waals surface area contributed by atoms with Crippen LogP contribution in [0.3, 0.4) is 0 Å². The maximum Gasteiger partial charge on any atom is 0.345 e. The van der Waals surface area contributed by atoms with Crippen LogP contribution in [0.2, 0.25) is 0 Å². The Morgan fingerprint density at radius 3 is 2.71 bits per heavy atom. The van der Waals surface area contributed by atoms with Gasteiger partial charge in [0.2, 0.25) is 0 Å². The summed E-state index contributed by atoms with van der Waals surface area (Å²) < 4.78 is 5.31. The summed E-state index contributed by atoms with van der Waals surface area (Å²) in [5.41, 5.74) is 8.30. The molecule has 0 saturated heterocycles. The van der Waals surface area contributed by atoms with Gasteiger partial charge >= 0.3 is 5.63 Å². The van der Waals surface area contributed by atoms with Crippen molar-refractivity contribution in [2.24, 2.45) is 4.99 Å². The van der Waals surface area contributed by atoms with Crippen molar-refractivity contribution in [1.82, 2.24) is 0 Å². The number of hydrogen-bond donors (Lipinski definition) is 1. The van der Waals surface area contributed by atoms with E-state index in [0.717, 1.165) is 5.39 Å². The normalized spacial score (nSPS) is 11.8. The van der Waals surface area contributed by atoms with Crippen LogP contribution in [-0.2, 0) is 0 Å². The SMILES string of the molecule is CC(=Nc1cccc(N)c1)c1cc2ccccc2oc1=O. The van der Waals surface area contributed by atoms with E-state index in [-0.39, 0.29) is 5.63 Å². The van der Waals surface area contributed by atoms with Crippen LogP contribution in [0.15, 0.2) is 68.8 Å². The van der Waals surface area contributed by atoms with Crippen molar-refractivity contribution in [2.45, 2.75) is 6.92 Å². The van der Waals surface area contributed by atoms with Crippen molar-refractivity contribution >= 4 is 28.1 Å². The molecule has 4 heteroatoms. The van der Waals surface area contributed by atoms with E-state index in [1.807, 2.05) is 30.3 Å². The Morgan fingerprint density at radius 2 is 1.90 bits per heavy atom. The zero-order valence-corrected chi connectivity index (χ0v) is 11.5. The van der Waals surface area contributed by atoms with Crippen molar-refractivity contribution in [3.63, 3.8) is 0 Å². The molecule has 104 valence electrons. The van der Waals surface area contributed by atoms with Crippen LogP contribution in [0.4, 0.5) is 11.4 Å². The lowest BCUT2D eigenvalue weighted by Crippen LogP contribution is -2.11. The highest BCUT2D eigenvalue weighted by molar-refractivity contribution is 6.01. The molecule has 0 unspecified atom stereocenters. The summed E-state index contributed by atoms with van der Waals surface area (Å²) in [6.45, 7) is 1.78. The van der Waals surface area contributed by atoms with E-state index in [1.54, 1.807) is 31.2 Å². The van der Waals surface area contributed by atoms with Crippen molar-refractivity contribution < 1.29 is 4.42 Å². The molecular formula is C17H14N2O2. The Hall–Kier alpha value is -2.88. The first-order valence-electron chi connectivity index (χ1n) is 6.57. The molecule has 0 spiro atoms. The third-order valence-electron chi connectivity index (χ3n) is 3.20. The second-order valence-electron chi connectivity index (χ2n) is 4.78. The Kier molecular flexibility index (Phi) is 3.28. The Bertz CT molecular complexity index is 894. The molecule has 0 amide bonds. The molecule has 1 heterocycles. The maximum absolute atomic E-state index is 12.1. The van der Waals surface area contributed by atoms with Crippen LogP contribution >= 0.6 is 0 Å². The minimum Gasteiger partial charge on any atom is -0.422 e. The molecule has 0 aliphatic heterocycles. The lowest BCUT2D eigenvalue weighted by atomic mass is 10.1. The molecule has 0 bridgehead atoms. The highest BCUT2D eigenvalue weighted by Gasteiger charge is 2.08. The van der Waals surface area contributed by atoms with Gasteiger partial charge in [0.25, 0.3) is 0 Å². The zero-order valence-electron chi connectivity index (χ0n) is 11.5. The summed E-state index contributed by atoms with van der Waals surface area (Å²) >= 11 is 0. The lowest BCUT2D eigenvalue weighted by Gasteiger charge is -2.03. The molecule has 0 fully saturated rings. The summed E-state index contributed by atoms with van der Waals surface area (Å²) in [5.74, 6) is 0. The monoisotopic (exact) mass is 278 g/mol. The Labute approximate surface area is 121 Å². The highest BCUT2D eigenvalue weighted by atomic mass is 16.4. The summed E-state index contributed by atoms with van der Waals surface area (Å²) in [6.07, 6.45) is 0. The van der Waals surface area contributed by atoms with Gasteiger partial charge in [0.1, 0.15) is 5.58 Å². The van der Waals surface area contributed by atoms with Gasteiger partial charge in [-0.3, -0.25) is 4.99 Å². The first-order chi connectivity index (χ1) is 10.1. The minimum absolute atomic E-state index is 0.390. The van der Waals surface area contributed by atoms with E-state index in [1.165, 1.54) is 0 Å². The summed E-state index contributed by atoms with van der Waals surface area (Å²) in [7, 11) is 0. The van der Waals surface area contributed by atoms with Gasteiger partial charge in [-0.05, 0) is 37.3 Å². The predicted octanol–water partition coefficient (Wildman–Crippen LogP) is 3.52. The van der Waals surface area contributed by atoms with E-state index in [0.29, 0.717) is 28.2 Å². The van der Waals surface area contributed by atoms with Gasteiger partial charge in [-0.1, -0.05) is 24.3 Å². The molecule has 0 aliphatic rings. The first-order valence-corrected chi connectivity index (χ1v) is 6.57. The first kappa shape index (κ1) is 13.1. The number of benzene rings is 2. The third kappa shape index (κ3) is 2.69. The molecular weight excluding hydrogens is 264 g/mol. The summed E-state index contributed by atoms with van der Waals surface area (Å²) in [5, 5.41) is 0.870. The lowest BCUT2D eigenvalue weighted by molar-refractivity contribution is 0.559. The van der Waals surface area contributed by atoms with Gasteiger partial charge in [0, 0.05) is 11.1 Å². The average Bonchev–Trinajstić information content (AvgIpc) is 2.46. The topological polar surface area (TPSA) is 68.6 Å². The number of aliphatic imine (C=N–C) groups is 1. The zero-order chi connectivity index (χ0) is 14.8. The molecule has 3 rings (SSSR count). The molecule has 21 heavy (non-hydrogen) atoms. The number of anilines is 1. The number of nitrogens with two attached hydrogens (primary N) is 1. The van der Waals surface area contributed by atoms with Crippen LogP contribution in [-0.4, -0.2) is 5.71 Å². The van der Waals surface area contributed by atoms with E-state index < -0.39 is 0 Å². The van der Waals surface area contributed by atoms with Gasteiger partial charge in [-0.2, -0.15) is 0 Å². The Morgan fingerprint density at radius 1 is 1.10 bits per heavy atom. The fraction of sp³-hybridized carbons (Fsp3) is 0.0588. The van der Waals surface area contributed by atoms with Gasteiger partial charge in [0.05, 0.1) is 17.0 Å². The number of hydrogen-bond acceptors (Lipinski definition) is 4. The molecule has 3 aromatic rings. The number of fused-ring (bicyclic) bond motifs is 1. The molecule has 2 N–H and O–H groups in total. The number of nitrogen functional groups attached to an aromatic ring is 1. The number of rotatable bonds is 2. The van der Waals surface area contributed by atoms with E-state index in [9.17, 15) is 4.79 Å². The minimum atomic E-state index is -0.390. The second kappa shape index (κ2) is 5.25. The number of nitrogens with zero attached hydrogens (tertiary/aromatic N) is 1. The van der Waals surface area contributed by atoms with Crippen LogP contribution in [0, 0.1) is 0 Å². The second-order valence-corrected chi connectivity index (χ2v) is 4.78. The quantitative estimate of drug-likeness (QED) is 0.443. The van der Waals surface area contributed by atoms with Gasteiger partial charge in [-0.15, -0.1) is 0 Å². The molecule has 1 aromatic heterocycles. The molecule has 0 atom stereocenters.